The van der Waals surface area contributed by atoms with E-state index < -0.39 is 0 Å². The largest absolute Gasteiger partial charge is 0.397 e. The van der Waals surface area contributed by atoms with Crippen molar-refractivity contribution in [1.29, 1.82) is 0 Å². The summed E-state index contributed by atoms with van der Waals surface area (Å²) >= 11 is 9.11. The summed E-state index contributed by atoms with van der Waals surface area (Å²) in [6.07, 6.45) is 0.664. The maximum atomic E-state index is 12.6. The van der Waals surface area contributed by atoms with E-state index in [1.807, 2.05) is 53.9 Å². The molecule has 0 aliphatic carbocycles. The Kier molecular flexibility index (Phi) is 5.11. The van der Waals surface area contributed by atoms with E-state index in [1.165, 1.54) is 11.3 Å². The lowest BCUT2D eigenvalue weighted by molar-refractivity contribution is 0.0959. The molecule has 7 heteroatoms. The van der Waals surface area contributed by atoms with Crippen molar-refractivity contribution in [3.05, 3.63) is 69.4 Å². The fourth-order valence-corrected chi connectivity index (χ4v) is 4.76. The van der Waals surface area contributed by atoms with Gasteiger partial charge in [0.1, 0.15) is 9.71 Å². The summed E-state index contributed by atoms with van der Waals surface area (Å²) in [7, 11) is 0. The molecule has 0 bridgehead atoms. The van der Waals surface area contributed by atoms with Crippen molar-refractivity contribution < 1.29 is 4.79 Å². The molecule has 3 aromatic heterocycles. The minimum Gasteiger partial charge on any atom is -0.397 e. The molecule has 0 spiro atoms. The first-order valence-corrected chi connectivity index (χ1v) is 10.5. The van der Waals surface area contributed by atoms with Crippen LogP contribution in [0.3, 0.4) is 0 Å². The number of amides is 1. The van der Waals surface area contributed by atoms with Crippen LogP contribution in [-0.4, -0.2) is 17.4 Å². The maximum Gasteiger partial charge on any atom is 0.263 e. The molecule has 0 saturated carbocycles. The summed E-state index contributed by atoms with van der Waals surface area (Å²) < 4.78 is 0. The SMILES string of the molecule is Nc1c(C(=O)NCCc2ccccc2Cl)sc2nc(-c3cccs3)ccc12. The quantitative estimate of drug-likeness (QED) is 0.470. The predicted octanol–water partition coefficient (Wildman–Crippen LogP) is 5.23. The van der Waals surface area contributed by atoms with E-state index in [-0.39, 0.29) is 5.91 Å². The van der Waals surface area contributed by atoms with Crippen LogP contribution in [0.4, 0.5) is 5.69 Å². The van der Waals surface area contributed by atoms with Crippen LogP contribution in [0.1, 0.15) is 15.2 Å². The van der Waals surface area contributed by atoms with Crippen molar-refractivity contribution in [3.63, 3.8) is 0 Å². The molecular weight excluding hydrogens is 398 g/mol. The minimum atomic E-state index is -0.180. The van der Waals surface area contributed by atoms with Crippen LogP contribution in [0, 0.1) is 0 Å². The van der Waals surface area contributed by atoms with Gasteiger partial charge < -0.3 is 11.1 Å². The van der Waals surface area contributed by atoms with Gasteiger partial charge >= 0.3 is 0 Å². The van der Waals surface area contributed by atoms with Crippen LogP contribution in [0.15, 0.2) is 53.9 Å². The molecule has 0 fully saturated rings. The number of carbonyl (C=O) groups excluding carboxylic acids is 1. The number of halogens is 1. The van der Waals surface area contributed by atoms with Gasteiger partial charge in [-0.2, -0.15) is 0 Å². The van der Waals surface area contributed by atoms with Crippen LogP contribution in [-0.2, 0) is 6.42 Å². The van der Waals surface area contributed by atoms with Crippen molar-refractivity contribution in [2.45, 2.75) is 6.42 Å². The Balaban J connectivity index is 1.51. The molecule has 0 saturated heterocycles. The normalized spacial score (nSPS) is 11.0. The van der Waals surface area contributed by atoms with Gasteiger partial charge in [-0.1, -0.05) is 35.9 Å². The molecule has 4 nitrogen and oxygen atoms in total. The van der Waals surface area contributed by atoms with E-state index >= 15 is 0 Å². The fourth-order valence-electron chi connectivity index (χ4n) is 2.82. The van der Waals surface area contributed by atoms with Gasteiger partial charge in [0, 0.05) is 17.0 Å². The maximum absolute atomic E-state index is 12.6. The van der Waals surface area contributed by atoms with Crippen LogP contribution in [0.25, 0.3) is 20.8 Å². The highest BCUT2D eigenvalue weighted by Crippen LogP contribution is 2.34. The third-order valence-electron chi connectivity index (χ3n) is 4.21. The number of nitrogens with one attached hydrogen (secondary N) is 1. The van der Waals surface area contributed by atoms with Crippen molar-refractivity contribution in [1.82, 2.24) is 10.3 Å². The third-order valence-corrected chi connectivity index (χ3v) is 6.59. The summed E-state index contributed by atoms with van der Waals surface area (Å²) in [5.41, 5.74) is 8.59. The zero-order valence-electron chi connectivity index (χ0n) is 14.2. The van der Waals surface area contributed by atoms with Crippen molar-refractivity contribution in [3.8, 4) is 10.6 Å². The topological polar surface area (TPSA) is 68.0 Å². The standard InChI is InChI=1S/C20H16ClN3OS2/c21-14-5-2-1-4-12(14)9-10-23-19(25)18-17(22)13-7-8-15(24-20(13)27-18)16-6-3-11-26-16/h1-8,11H,9-10,22H2,(H,23,25). The van der Waals surface area contributed by atoms with Crippen molar-refractivity contribution in [2.75, 3.05) is 12.3 Å². The Bertz CT molecular complexity index is 1110. The summed E-state index contributed by atoms with van der Waals surface area (Å²) in [4.78, 5) is 19.6. The molecular formula is C20H16ClN3OS2. The number of nitrogen functional groups attached to an aromatic ring is 1. The average Bonchev–Trinajstić information content (AvgIpc) is 3.31. The van der Waals surface area contributed by atoms with Gasteiger partial charge in [0.05, 0.1) is 16.3 Å². The second kappa shape index (κ2) is 7.68. The van der Waals surface area contributed by atoms with Crippen LogP contribution in [0.2, 0.25) is 5.02 Å². The van der Waals surface area contributed by atoms with Gasteiger partial charge in [0.15, 0.2) is 0 Å². The molecule has 4 rings (SSSR count). The first kappa shape index (κ1) is 18.0. The first-order chi connectivity index (χ1) is 13.1. The molecule has 1 amide bonds. The molecule has 3 heterocycles. The number of fused-ring (bicyclic) bond motifs is 1. The van der Waals surface area contributed by atoms with Gasteiger partial charge in [0.2, 0.25) is 0 Å². The molecule has 0 unspecified atom stereocenters. The number of thiophene rings is 2. The van der Waals surface area contributed by atoms with E-state index in [2.05, 4.69) is 10.3 Å². The lowest BCUT2D eigenvalue weighted by atomic mass is 10.1. The number of carbonyl (C=O) groups is 1. The molecule has 0 aliphatic rings. The van der Waals surface area contributed by atoms with Crippen LogP contribution < -0.4 is 11.1 Å². The first-order valence-electron chi connectivity index (χ1n) is 8.38. The average molecular weight is 414 g/mol. The second-order valence-electron chi connectivity index (χ2n) is 5.97. The highest BCUT2D eigenvalue weighted by molar-refractivity contribution is 7.21. The van der Waals surface area contributed by atoms with Gasteiger partial charge in [0.25, 0.3) is 5.91 Å². The molecule has 27 heavy (non-hydrogen) atoms. The predicted molar refractivity (Wildman–Crippen MR) is 115 cm³/mol. The molecule has 3 N–H and O–H groups in total. The minimum absolute atomic E-state index is 0.180. The lowest BCUT2D eigenvalue weighted by Crippen LogP contribution is -2.25. The number of benzene rings is 1. The Hall–Kier alpha value is -2.41. The monoisotopic (exact) mass is 413 g/mol. The number of nitrogens with two attached hydrogens (primary N) is 1. The Labute approximate surface area is 169 Å². The number of pyridine rings is 1. The Morgan fingerprint density at radius 2 is 2.00 bits per heavy atom. The summed E-state index contributed by atoms with van der Waals surface area (Å²) in [6.45, 7) is 0.490. The van der Waals surface area contributed by atoms with E-state index in [0.717, 1.165) is 26.4 Å². The highest BCUT2D eigenvalue weighted by Gasteiger charge is 2.17. The number of anilines is 1. The van der Waals surface area contributed by atoms with E-state index in [0.29, 0.717) is 28.6 Å². The fraction of sp³-hybridized carbons (Fsp3) is 0.100. The van der Waals surface area contributed by atoms with Gasteiger partial charge in [-0.15, -0.1) is 22.7 Å². The van der Waals surface area contributed by atoms with E-state index in [1.54, 1.807) is 11.3 Å². The number of hydrogen-bond acceptors (Lipinski definition) is 5. The Morgan fingerprint density at radius 1 is 1.15 bits per heavy atom. The van der Waals surface area contributed by atoms with Crippen molar-refractivity contribution >= 4 is 56.1 Å². The molecule has 4 aromatic rings. The zero-order valence-corrected chi connectivity index (χ0v) is 16.6. The third kappa shape index (κ3) is 3.69. The summed E-state index contributed by atoms with van der Waals surface area (Å²) in [5, 5.41) is 6.46. The highest BCUT2D eigenvalue weighted by atomic mass is 35.5. The second-order valence-corrected chi connectivity index (χ2v) is 8.32. The smallest absolute Gasteiger partial charge is 0.263 e. The number of aromatic nitrogens is 1. The Morgan fingerprint density at radius 3 is 2.78 bits per heavy atom. The molecule has 136 valence electrons. The number of rotatable bonds is 5. The van der Waals surface area contributed by atoms with Crippen LogP contribution in [0.5, 0.6) is 0 Å². The number of hydrogen-bond donors (Lipinski definition) is 2. The lowest BCUT2D eigenvalue weighted by Gasteiger charge is -2.06. The van der Waals surface area contributed by atoms with E-state index in [9.17, 15) is 4.79 Å². The molecule has 0 aliphatic heterocycles. The van der Waals surface area contributed by atoms with E-state index in [4.69, 9.17) is 17.3 Å². The van der Waals surface area contributed by atoms with Gasteiger partial charge in [-0.3, -0.25) is 4.79 Å². The van der Waals surface area contributed by atoms with Crippen molar-refractivity contribution in [2.24, 2.45) is 0 Å². The molecule has 0 radical (unpaired) electrons. The zero-order chi connectivity index (χ0) is 18.8. The van der Waals surface area contributed by atoms with Crippen LogP contribution >= 0.6 is 34.3 Å². The summed E-state index contributed by atoms with van der Waals surface area (Å²) in [5.74, 6) is -0.180. The summed E-state index contributed by atoms with van der Waals surface area (Å²) in [6, 6.07) is 15.5. The molecule has 0 atom stereocenters. The van der Waals surface area contributed by atoms with Gasteiger partial charge in [-0.05, 0) is 41.6 Å². The van der Waals surface area contributed by atoms with Gasteiger partial charge in [-0.25, -0.2) is 4.98 Å². The molecule has 1 aromatic carbocycles. The number of nitrogens with zero attached hydrogens (tertiary/aromatic N) is 1.